The minimum atomic E-state index is -0.793. The number of carbonyl (C=O) groups excluding carboxylic acids is 1. The van der Waals surface area contributed by atoms with Crippen LogP contribution < -0.4 is 14.8 Å². The van der Waals surface area contributed by atoms with Crippen LogP contribution in [0, 0.1) is 11.7 Å². The molecule has 0 atom stereocenters. The van der Waals surface area contributed by atoms with Crippen molar-refractivity contribution in [2.24, 2.45) is 5.92 Å². The molecule has 1 aromatic heterocycles. The molecular formula is C25H26FN3O5. The molecule has 0 aliphatic heterocycles. The van der Waals surface area contributed by atoms with Crippen molar-refractivity contribution in [3.05, 3.63) is 60.0 Å². The summed E-state index contributed by atoms with van der Waals surface area (Å²) in [4.78, 5) is 24.3. The molecular weight excluding hydrogens is 441 g/mol. The van der Waals surface area contributed by atoms with Crippen LogP contribution in [0.5, 0.6) is 11.5 Å². The second kappa shape index (κ2) is 9.94. The third-order valence-corrected chi connectivity index (χ3v) is 6.11. The molecule has 0 bridgehead atoms. The Labute approximate surface area is 196 Å². The Balaban J connectivity index is 1.70. The first-order valence-electron chi connectivity index (χ1n) is 11.0. The number of carboxylic acids is 1. The van der Waals surface area contributed by atoms with E-state index in [9.17, 15) is 19.1 Å². The van der Waals surface area contributed by atoms with Crippen molar-refractivity contribution < 1.29 is 28.6 Å². The van der Waals surface area contributed by atoms with Gasteiger partial charge in [-0.3, -0.25) is 9.59 Å². The molecule has 1 heterocycles. The molecule has 0 unspecified atom stereocenters. The van der Waals surface area contributed by atoms with Gasteiger partial charge < -0.3 is 19.9 Å². The summed E-state index contributed by atoms with van der Waals surface area (Å²) in [5.41, 5.74) is 1.88. The molecule has 178 valence electrons. The van der Waals surface area contributed by atoms with Gasteiger partial charge in [0.1, 0.15) is 17.3 Å². The smallest absolute Gasteiger partial charge is 0.306 e. The molecule has 2 aromatic carbocycles. The number of nitrogens with zero attached hydrogens (tertiary/aromatic N) is 2. The zero-order valence-corrected chi connectivity index (χ0v) is 19.0. The lowest BCUT2D eigenvalue weighted by Gasteiger charge is -2.26. The minimum absolute atomic E-state index is 0.122. The van der Waals surface area contributed by atoms with E-state index >= 15 is 0 Å². The molecule has 1 saturated carbocycles. The maximum absolute atomic E-state index is 13.6. The Kier molecular flexibility index (Phi) is 6.81. The fourth-order valence-corrected chi connectivity index (χ4v) is 4.30. The van der Waals surface area contributed by atoms with Gasteiger partial charge in [0.25, 0.3) is 5.91 Å². The highest BCUT2D eigenvalue weighted by molar-refractivity contribution is 5.94. The predicted molar refractivity (Wildman–Crippen MR) is 123 cm³/mol. The van der Waals surface area contributed by atoms with Gasteiger partial charge in [-0.25, -0.2) is 9.07 Å². The first-order valence-corrected chi connectivity index (χ1v) is 11.0. The van der Waals surface area contributed by atoms with Gasteiger partial charge in [-0.1, -0.05) is 6.07 Å². The Hall–Kier alpha value is -3.88. The van der Waals surface area contributed by atoms with E-state index in [0.717, 1.165) is 0 Å². The standard InChI is InChI=1S/C25H26FN3O5/c1-33-21-4-3-5-22(34-2)23(21)20-14-19(28-29(20)18-12-8-16(26)9-13-18)24(30)27-17-10-6-15(7-11-17)25(31)32/h3-5,8-9,12-15,17H,6-7,10-11H2,1-2H3,(H,27,30)(H,31,32)/t15-,17-. The molecule has 34 heavy (non-hydrogen) atoms. The maximum Gasteiger partial charge on any atom is 0.306 e. The van der Waals surface area contributed by atoms with Crippen molar-refractivity contribution in [1.29, 1.82) is 0 Å². The molecule has 0 radical (unpaired) electrons. The fraction of sp³-hybridized carbons (Fsp3) is 0.320. The molecule has 9 heteroatoms. The predicted octanol–water partition coefficient (Wildman–Crippen LogP) is 4.07. The van der Waals surface area contributed by atoms with E-state index in [1.807, 2.05) is 0 Å². The van der Waals surface area contributed by atoms with Crippen LogP contribution in [0.4, 0.5) is 4.39 Å². The number of carbonyl (C=O) groups is 2. The summed E-state index contributed by atoms with van der Waals surface area (Å²) in [6, 6.07) is 12.7. The number of aliphatic carboxylic acids is 1. The number of benzene rings is 2. The lowest BCUT2D eigenvalue weighted by atomic mass is 9.86. The van der Waals surface area contributed by atoms with E-state index in [-0.39, 0.29) is 29.4 Å². The molecule has 0 spiro atoms. The number of aromatic nitrogens is 2. The first-order chi connectivity index (χ1) is 16.4. The van der Waals surface area contributed by atoms with Crippen molar-refractivity contribution in [3.63, 3.8) is 0 Å². The summed E-state index contributed by atoms with van der Waals surface area (Å²) >= 11 is 0. The molecule has 0 saturated heterocycles. The number of nitrogens with one attached hydrogen (secondary N) is 1. The molecule has 1 fully saturated rings. The second-order valence-corrected chi connectivity index (χ2v) is 8.20. The van der Waals surface area contributed by atoms with E-state index < -0.39 is 5.97 Å². The highest BCUT2D eigenvalue weighted by Crippen LogP contribution is 2.39. The van der Waals surface area contributed by atoms with Crippen molar-refractivity contribution in [2.45, 2.75) is 31.7 Å². The Morgan fingerprint density at radius 3 is 2.21 bits per heavy atom. The van der Waals surface area contributed by atoms with E-state index in [4.69, 9.17) is 9.47 Å². The van der Waals surface area contributed by atoms with Gasteiger partial charge >= 0.3 is 5.97 Å². The molecule has 3 aromatic rings. The lowest BCUT2D eigenvalue weighted by Crippen LogP contribution is -2.38. The number of carboxylic acid groups (broad SMARTS) is 1. The molecule has 1 aliphatic rings. The SMILES string of the molecule is COc1cccc(OC)c1-c1cc(C(=O)N[C@H]2CC[C@H](C(=O)O)CC2)nn1-c1ccc(F)cc1. The number of rotatable bonds is 7. The summed E-state index contributed by atoms with van der Waals surface area (Å²) in [7, 11) is 3.08. The van der Waals surface area contributed by atoms with Crippen molar-refractivity contribution >= 4 is 11.9 Å². The number of amides is 1. The Morgan fingerprint density at radius 2 is 1.65 bits per heavy atom. The minimum Gasteiger partial charge on any atom is -0.496 e. The summed E-state index contributed by atoms with van der Waals surface area (Å²) in [6.45, 7) is 0. The van der Waals surface area contributed by atoms with E-state index in [1.54, 1.807) is 41.1 Å². The zero-order chi connectivity index (χ0) is 24.2. The Bertz CT molecular complexity index is 1160. The fourth-order valence-electron chi connectivity index (χ4n) is 4.30. The van der Waals surface area contributed by atoms with Crippen LogP contribution in [0.1, 0.15) is 36.2 Å². The largest absolute Gasteiger partial charge is 0.496 e. The van der Waals surface area contributed by atoms with E-state index in [1.165, 1.54) is 26.4 Å². The van der Waals surface area contributed by atoms with Crippen LogP contribution in [0.15, 0.2) is 48.5 Å². The maximum atomic E-state index is 13.6. The molecule has 2 N–H and O–H groups in total. The first kappa shape index (κ1) is 23.3. The van der Waals surface area contributed by atoms with Gasteiger partial charge in [-0.15, -0.1) is 0 Å². The van der Waals surface area contributed by atoms with Gasteiger partial charge in [0, 0.05) is 6.04 Å². The van der Waals surface area contributed by atoms with Gasteiger partial charge in [0.15, 0.2) is 5.69 Å². The average molecular weight is 467 g/mol. The Morgan fingerprint density at radius 1 is 1.03 bits per heavy atom. The number of hydrogen-bond acceptors (Lipinski definition) is 5. The monoisotopic (exact) mass is 467 g/mol. The molecule has 1 amide bonds. The van der Waals surface area contributed by atoms with Crippen LogP contribution in [0.25, 0.3) is 16.9 Å². The summed E-state index contributed by atoms with van der Waals surface area (Å²) in [5.74, 6) is -0.853. The van der Waals surface area contributed by atoms with Crippen LogP contribution in [-0.2, 0) is 4.79 Å². The van der Waals surface area contributed by atoms with Crippen LogP contribution in [0.2, 0.25) is 0 Å². The van der Waals surface area contributed by atoms with Crippen molar-refractivity contribution in [2.75, 3.05) is 14.2 Å². The lowest BCUT2D eigenvalue weighted by molar-refractivity contribution is -0.142. The van der Waals surface area contributed by atoms with Crippen LogP contribution in [-0.4, -0.2) is 47.0 Å². The number of methoxy groups -OCH3 is 2. The second-order valence-electron chi connectivity index (χ2n) is 8.20. The quantitative estimate of drug-likeness (QED) is 0.543. The van der Waals surface area contributed by atoms with Crippen LogP contribution >= 0.6 is 0 Å². The van der Waals surface area contributed by atoms with E-state index in [2.05, 4.69) is 10.4 Å². The number of hydrogen-bond donors (Lipinski definition) is 2. The highest BCUT2D eigenvalue weighted by Gasteiger charge is 2.28. The number of halogens is 1. The molecule has 1 aliphatic carbocycles. The summed E-state index contributed by atoms with van der Waals surface area (Å²) < 4.78 is 26.2. The normalized spacial score (nSPS) is 17.7. The zero-order valence-electron chi connectivity index (χ0n) is 19.0. The van der Waals surface area contributed by atoms with Crippen molar-refractivity contribution in [3.8, 4) is 28.4 Å². The topological polar surface area (TPSA) is 103 Å². The van der Waals surface area contributed by atoms with Gasteiger partial charge in [-0.05, 0) is 68.1 Å². The summed E-state index contributed by atoms with van der Waals surface area (Å²) in [5, 5.41) is 16.7. The van der Waals surface area contributed by atoms with Gasteiger partial charge in [0.05, 0.1) is 37.1 Å². The average Bonchev–Trinajstić information content (AvgIpc) is 3.29. The van der Waals surface area contributed by atoms with Gasteiger partial charge in [-0.2, -0.15) is 5.10 Å². The molecule has 8 nitrogen and oxygen atoms in total. The van der Waals surface area contributed by atoms with Gasteiger partial charge in [0.2, 0.25) is 0 Å². The third-order valence-electron chi connectivity index (χ3n) is 6.11. The van der Waals surface area contributed by atoms with E-state index in [0.29, 0.717) is 54.1 Å². The highest BCUT2D eigenvalue weighted by atomic mass is 19.1. The van der Waals surface area contributed by atoms with Crippen LogP contribution in [0.3, 0.4) is 0 Å². The molecule has 4 rings (SSSR count). The number of ether oxygens (including phenoxy) is 2. The third kappa shape index (κ3) is 4.73. The van der Waals surface area contributed by atoms with Crippen molar-refractivity contribution in [1.82, 2.24) is 15.1 Å². The summed E-state index contributed by atoms with van der Waals surface area (Å²) in [6.07, 6.45) is 2.23.